The molecular formula is C21H24N2O4. The van der Waals surface area contributed by atoms with Crippen molar-refractivity contribution in [3.8, 4) is 0 Å². The summed E-state index contributed by atoms with van der Waals surface area (Å²) in [5, 5.41) is 26.5. The average Bonchev–Trinajstić information content (AvgIpc) is 3.14. The van der Waals surface area contributed by atoms with Gasteiger partial charge < -0.3 is 20.3 Å². The predicted octanol–water partition coefficient (Wildman–Crippen LogP) is 1.34. The fraction of sp³-hybridized carbons (Fsp3) is 0.571. The number of benzene rings is 1. The van der Waals surface area contributed by atoms with E-state index < -0.39 is 22.8 Å². The first-order chi connectivity index (χ1) is 12.9. The molecule has 5 bridgehead atoms. The summed E-state index contributed by atoms with van der Waals surface area (Å²) in [5.41, 5.74) is 0.453. The summed E-state index contributed by atoms with van der Waals surface area (Å²) in [6, 6.07) is 7.66. The molecule has 142 valence electrons. The fourth-order valence-electron chi connectivity index (χ4n) is 7.54. The highest BCUT2D eigenvalue weighted by Crippen LogP contribution is 2.75. The molecule has 4 saturated heterocycles. The lowest BCUT2D eigenvalue weighted by atomic mass is 9.58. The number of aliphatic hydroxyl groups is 2. The molecule has 8 unspecified atom stereocenters. The molecule has 7 rings (SSSR count). The highest BCUT2D eigenvalue weighted by atomic mass is 16.5. The zero-order valence-electron chi connectivity index (χ0n) is 15.5. The Labute approximate surface area is 157 Å². The molecule has 6 heteroatoms. The molecule has 0 aromatic heterocycles. The summed E-state index contributed by atoms with van der Waals surface area (Å²) in [6.45, 7) is 1.92. The maximum absolute atomic E-state index is 13.2. The molecule has 1 spiro atoms. The third-order valence-electron chi connectivity index (χ3n) is 8.39. The van der Waals surface area contributed by atoms with Crippen molar-refractivity contribution in [2.75, 3.05) is 12.4 Å². The quantitative estimate of drug-likeness (QED) is 0.513. The number of para-hydroxylation sites is 1. The molecule has 27 heavy (non-hydrogen) atoms. The van der Waals surface area contributed by atoms with Crippen LogP contribution in [0, 0.1) is 11.3 Å². The summed E-state index contributed by atoms with van der Waals surface area (Å²) in [7, 11) is 1.45. The zero-order chi connectivity index (χ0) is 18.8. The first-order valence-corrected chi connectivity index (χ1v) is 9.75. The maximum atomic E-state index is 13.2. The van der Waals surface area contributed by atoms with Crippen molar-refractivity contribution < 1.29 is 19.7 Å². The number of rotatable bonds is 1. The highest BCUT2D eigenvalue weighted by Gasteiger charge is 2.83. The molecule has 3 N–H and O–H groups in total. The van der Waals surface area contributed by atoms with Gasteiger partial charge in [-0.05, 0) is 43.4 Å². The third-order valence-corrected chi connectivity index (χ3v) is 8.39. The van der Waals surface area contributed by atoms with Crippen molar-refractivity contribution in [2.45, 2.75) is 55.6 Å². The van der Waals surface area contributed by atoms with Gasteiger partial charge in [0.1, 0.15) is 6.23 Å². The van der Waals surface area contributed by atoms with E-state index in [1.807, 2.05) is 36.1 Å². The highest BCUT2D eigenvalue weighted by molar-refractivity contribution is 5.83. The van der Waals surface area contributed by atoms with E-state index in [4.69, 9.17) is 4.74 Å². The van der Waals surface area contributed by atoms with Crippen molar-refractivity contribution in [1.29, 1.82) is 0 Å². The lowest BCUT2D eigenvalue weighted by Crippen LogP contribution is -2.77. The largest absolute Gasteiger partial charge is 0.469 e. The van der Waals surface area contributed by atoms with Crippen LogP contribution in [0.25, 0.3) is 0 Å². The molecule has 1 aromatic carbocycles. The molecule has 8 atom stereocenters. The monoisotopic (exact) mass is 368 g/mol. The second-order valence-corrected chi connectivity index (χ2v) is 8.86. The minimum Gasteiger partial charge on any atom is -0.469 e. The van der Waals surface area contributed by atoms with E-state index in [-0.39, 0.29) is 24.0 Å². The molecule has 5 aliphatic heterocycles. The van der Waals surface area contributed by atoms with E-state index in [0.29, 0.717) is 19.3 Å². The topological polar surface area (TPSA) is 82.0 Å². The summed E-state index contributed by atoms with van der Waals surface area (Å²) in [4.78, 5) is 15.2. The lowest BCUT2D eigenvalue weighted by Gasteiger charge is -2.64. The van der Waals surface area contributed by atoms with Crippen LogP contribution in [0.1, 0.15) is 31.7 Å². The Morgan fingerprint density at radius 3 is 2.89 bits per heavy atom. The van der Waals surface area contributed by atoms with Crippen molar-refractivity contribution in [3.63, 3.8) is 0 Å². The number of anilines is 1. The van der Waals surface area contributed by atoms with Crippen LogP contribution in [0.15, 0.2) is 35.9 Å². The van der Waals surface area contributed by atoms with Gasteiger partial charge in [-0.3, -0.25) is 9.69 Å². The van der Waals surface area contributed by atoms with Crippen LogP contribution in [-0.2, 0) is 14.9 Å². The SMILES string of the molecule is C/C=C1/C(O)N2C3CC45CC3(C(=O)OC)C1CC2C4(O)Nc1ccccc15. The number of ether oxygens (including phenoxy) is 1. The summed E-state index contributed by atoms with van der Waals surface area (Å²) in [6.07, 6.45) is 3.01. The molecule has 5 heterocycles. The molecule has 6 aliphatic rings. The van der Waals surface area contributed by atoms with Gasteiger partial charge in [0.05, 0.1) is 18.6 Å². The van der Waals surface area contributed by atoms with E-state index in [1.54, 1.807) is 0 Å². The van der Waals surface area contributed by atoms with E-state index in [1.165, 1.54) is 7.11 Å². The number of allylic oxidation sites excluding steroid dienone is 1. The van der Waals surface area contributed by atoms with Crippen LogP contribution in [0.4, 0.5) is 5.69 Å². The van der Waals surface area contributed by atoms with Crippen LogP contribution in [0.2, 0.25) is 0 Å². The predicted molar refractivity (Wildman–Crippen MR) is 97.7 cm³/mol. The Kier molecular flexibility index (Phi) is 2.72. The van der Waals surface area contributed by atoms with Crippen LogP contribution >= 0.6 is 0 Å². The number of piperidine rings is 4. The van der Waals surface area contributed by atoms with Gasteiger partial charge in [-0.1, -0.05) is 24.3 Å². The van der Waals surface area contributed by atoms with Crippen LogP contribution in [0.5, 0.6) is 0 Å². The molecule has 5 fully saturated rings. The van der Waals surface area contributed by atoms with E-state index in [2.05, 4.69) is 11.4 Å². The van der Waals surface area contributed by atoms with Crippen LogP contribution in [-0.4, -0.2) is 52.2 Å². The third kappa shape index (κ3) is 1.39. The molecule has 1 aliphatic carbocycles. The smallest absolute Gasteiger partial charge is 0.314 e. The first-order valence-electron chi connectivity index (χ1n) is 9.75. The second-order valence-electron chi connectivity index (χ2n) is 8.86. The first kappa shape index (κ1) is 16.1. The Morgan fingerprint density at radius 2 is 2.15 bits per heavy atom. The normalized spacial score (nSPS) is 51.9. The molecule has 0 amide bonds. The number of hydrogen-bond donors (Lipinski definition) is 3. The number of esters is 1. The molecule has 1 saturated carbocycles. The van der Waals surface area contributed by atoms with Crippen molar-refractivity contribution in [2.24, 2.45) is 11.3 Å². The number of nitrogens with zero attached hydrogens (tertiary/aromatic N) is 1. The Hall–Kier alpha value is -1.89. The zero-order valence-corrected chi connectivity index (χ0v) is 15.5. The number of carbonyl (C=O) groups is 1. The van der Waals surface area contributed by atoms with Gasteiger partial charge in [0.25, 0.3) is 0 Å². The van der Waals surface area contributed by atoms with Gasteiger partial charge in [0.15, 0.2) is 5.72 Å². The van der Waals surface area contributed by atoms with Crippen LogP contribution in [0.3, 0.4) is 0 Å². The Balaban J connectivity index is 1.66. The summed E-state index contributed by atoms with van der Waals surface area (Å²) >= 11 is 0. The summed E-state index contributed by atoms with van der Waals surface area (Å²) < 4.78 is 5.33. The minimum atomic E-state index is -1.20. The number of fused-ring (bicyclic) bond motifs is 2. The van der Waals surface area contributed by atoms with E-state index in [0.717, 1.165) is 16.8 Å². The number of aliphatic hydroxyl groups excluding tert-OH is 1. The number of methoxy groups -OCH3 is 1. The summed E-state index contributed by atoms with van der Waals surface area (Å²) in [5.74, 6) is -0.314. The molecular weight excluding hydrogens is 344 g/mol. The Bertz CT molecular complexity index is 915. The van der Waals surface area contributed by atoms with Gasteiger partial charge in [-0.15, -0.1) is 0 Å². The molecule has 6 nitrogen and oxygen atoms in total. The minimum absolute atomic E-state index is 0.104. The van der Waals surface area contributed by atoms with Gasteiger partial charge >= 0.3 is 5.97 Å². The van der Waals surface area contributed by atoms with E-state index in [9.17, 15) is 15.0 Å². The Morgan fingerprint density at radius 1 is 1.37 bits per heavy atom. The standard InChI is InChI=1S/C21H24N2O4/c1-3-11-13-8-15-21(26)19(12-6-4-5-7-14(12)22-21)9-16(23(15)17(11)24)20(13,10-19)18(25)27-2/h3-7,13,15-17,22,24,26H,8-10H2,1-2H3/b11-3+. The number of carbonyl (C=O) groups excluding carboxylic acids is 1. The maximum Gasteiger partial charge on any atom is 0.314 e. The molecule has 0 radical (unpaired) electrons. The fourth-order valence-corrected chi connectivity index (χ4v) is 7.54. The van der Waals surface area contributed by atoms with Gasteiger partial charge in [-0.25, -0.2) is 0 Å². The van der Waals surface area contributed by atoms with Crippen molar-refractivity contribution >= 4 is 11.7 Å². The van der Waals surface area contributed by atoms with Gasteiger partial charge in [0, 0.05) is 23.1 Å². The second kappa shape index (κ2) is 4.57. The molecule has 1 aromatic rings. The van der Waals surface area contributed by atoms with Gasteiger partial charge in [0.2, 0.25) is 0 Å². The number of hydrogen-bond acceptors (Lipinski definition) is 6. The van der Waals surface area contributed by atoms with Crippen molar-refractivity contribution in [1.82, 2.24) is 4.90 Å². The average molecular weight is 368 g/mol. The van der Waals surface area contributed by atoms with Gasteiger partial charge in [-0.2, -0.15) is 0 Å². The lowest BCUT2D eigenvalue weighted by molar-refractivity contribution is -0.218. The van der Waals surface area contributed by atoms with Crippen molar-refractivity contribution in [3.05, 3.63) is 41.5 Å². The van der Waals surface area contributed by atoms with E-state index >= 15 is 0 Å². The van der Waals surface area contributed by atoms with Crippen LogP contribution < -0.4 is 5.32 Å². The number of nitrogens with one attached hydrogen (secondary N) is 1.